The number of hydrogen-bond acceptors (Lipinski definition) is 3. The average Bonchev–Trinajstić information content (AvgIpc) is 2.36. The van der Waals surface area contributed by atoms with Gasteiger partial charge in [0.25, 0.3) is 0 Å². The van der Waals surface area contributed by atoms with Gasteiger partial charge in [0.2, 0.25) is 5.91 Å². The molecule has 1 aromatic carbocycles. The number of carboxylic acids is 1. The Hall–Kier alpha value is -1.75. The van der Waals surface area contributed by atoms with Crippen LogP contribution in [0.2, 0.25) is 5.02 Å². The molecule has 0 saturated carbocycles. The van der Waals surface area contributed by atoms with Crippen LogP contribution in [0.25, 0.3) is 0 Å². The van der Waals surface area contributed by atoms with Crippen molar-refractivity contribution in [2.75, 3.05) is 20.2 Å². The van der Waals surface area contributed by atoms with Gasteiger partial charge in [-0.25, -0.2) is 0 Å². The van der Waals surface area contributed by atoms with E-state index in [-0.39, 0.29) is 25.0 Å². The molecule has 1 heterocycles. The Morgan fingerprint density at radius 3 is 2.95 bits per heavy atom. The van der Waals surface area contributed by atoms with E-state index in [1.54, 1.807) is 18.2 Å². The Morgan fingerprint density at radius 2 is 2.26 bits per heavy atom. The van der Waals surface area contributed by atoms with E-state index in [4.69, 9.17) is 21.4 Å². The first-order valence-corrected chi connectivity index (χ1v) is 6.23. The summed E-state index contributed by atoms with van der Waals surface area (Å²) in [6, 6.07) is 5.28. The maximum Gasteiger partial charge on any atom is 0.323 e. The number of carbonyl (C=O) groups excluding carboxylic acids is 1. The second-order valence-electron chi connectivity index (χ2n) is 4.55. The molecule has 1 atom stereocenters. The summed E-state index contributed by atoms with van der Waals surface area (Å²) in [5.74, 6) is -0.895. The van der Waals surface area contributed by atoms with Gasteiger partial charge >= 0.3 is 5.97 Å². The standard InChI is InChI=1S/C13H14ClNO4/c1-15(6-12(16)17)13(18)9-4-8-5-10(14)2-3-11(8)19-7-9/h2-3,5,9H,4,6-7H2,1H3,(H,16,17). The highest BCUT2D eigenvalue weighted by atomic mass is 35.5. The lowest BCUT2D eigenvalue weighted by Gasteiger charge is -2.27. The van der Waals surface area contributed by atoms with Crippen molar-refractivity contribution in [1.82, 2.24) is 4.90 Å². The lowest BCUT2D eigenvalue weighted by Crippen LogP contribution is -2.40. The third-order valence-corrected chi connectivity index (χ3v) is 3.26. The van der Waals surface area contributed by atoms with E-state index in [0.29, 0.717) is 11.4 Å². The van der Waals surface area contributed by atoms with Gasteiger partial charge in [-0.3, -0.25) is 9.59 Å². The molecule has 1 aromatic rings. The van der Waals surface area contributed by atoms with Crippen molar-refractivity contribution >= 4 is 23.5 Å². The number of rotatable bonds is 3. The molecule has 1 N–H and O–H groups in total. The highest BCUT2D eigenvalue weighted by Crippen LogP contribution is 2.30. The number of nitrogens with zero attached hydrogens (tertiary/aromatic N) is 1. The van der Waals surface area contributed by atoms with Gasteiger partial charge in [0.1, 0.15) is 18.9 Å². The summed E-state index contributed by atoms with van der Waals surface area (Å²) in [6.07, 6.45) is 0.513. The highest BCUT2D eigenvalue weighted by molar-refractivity contribution is 6.30. The molecule has 102 valence electrons. The monoisotopic (exact) mass is 283 g/mol. The molecule has 0 saturated heterocycles. The quantitative estimate of drug-likeness (QED) is 0.911. The minimum Gasteiger partial charge on any atom is -0.492 e. The molecule has 0 bridgehead atoms. The van der Waals surface area contributed by atoms with Crippen molar-refractivity contribution < 1.29 is 19.4 Å². The van der Waals surface area contributed by atoms with Crippen molar-refractivity contribution in [2.24, 2.45) is 5.92 Å². The molecule has 0 fully saturated rings. The van der Waals surface area contributed by atoms with Gasteiger partial charge < -0.3 is 14.7 Å². The molecule has 6 heteroatoms. The molecule has 2 rings (SSSR count). The van der Waals surface area contributed by atoms with E-state index in [9.17, 15) is 9.59 Å². The summed E-state index contributed by atoms with van der Waals surface area (Å²) in [7, 11) is 1.48. The summed E-state index contributed by atoms with van der Waals surface area (Å²) in [5, 5.41) is 9.27. The molecule has 0 aromatic heterocycles. The fourth-order valence-electron chi connectivity index (χ4n) is 2.11. The number of likely N-dealkylation sites (N-methyl/N-ethyl adjacent to an activating group) is 1. The van der Waals surface area contributed by atoms with Crippen LogP contribution < -0.4 is 4.74 Å². The maximum absolute atomic E-state index is 12.1. The van der Waals surface area contributed by atoms with Gasteiger partial charge in [0.05, 0.1) is 5.92 Å². The zero-order valence-corrected chi connectivity index (χ0v) is 11.2. The molecule has 0 spiro atoms. The second-order valence-corrected chi connectivity index (χ2v) is 4.99. The van der Waals surface area contributed by atoms with Crippen LogP contribution in [0.1, 0.15) is 5.56 Å². The molecule has 19 heavy (non-hydrogen) atoms. The first kappa shape index (κ1) is 13.7. The fraction of sp³-hybridized carbons (Fsp3) is 0.385. The van der Waals surface area contributed by atoms with Crippen LogP contribution in [0.4, 0.5) is 0 Å². The van der Waals surface area contributed by atoms with Gasteiger partial charge in [0, 0.05) is 12.1 Å². The molecular formula is C13H14ClNO4. The zero-order valence-electron chi connectivity index (χ0n) is 10.4. The average molecular weight is 284 g/mol. The van der Waals surface area contributed by atoms with Gasteiger partial charge in [-0.2, -0.15) is 0 Å². The number of halogens is 1. The predicted octanol–water partition coefficient (Wildman–Crippen LogP) is 1.43. The normalized spacial score (nSPS) is 17.3. The Kier molecular flexibility index (Phi) is 3.95. The molecule has 0 radical (unpaired) electrons. The topological polar surface area (TPSA) is 66.8 Å². The summed E-state index contributed by atoms with van der Waals surface area (Å²) in [5.41, 5.74) is 0.876. The Labute approximate surface area is 115 Å². The molecule has 1 aliphatic heterocycles. The van der Waals surface area contributed by atoms with Crippen LogP contribution in [0.5, 0.6) is 5.75 Å². The third kappa shape index (κ3) is 3.17. The highest BCUT2D eigenvalue weighted by Gasteiger charge is 2.28. The van der Waals surface area contributed by atoms with Crippen molar-refractivity contribution in [3.05, 3.63) is 28.8 Å². The van der Waals surface area contributed by atoms with Crippen LogP contribution in [0.15, 0.2) is 18.2 Å². The molecule has 5 nitrogen and oxygen atoms in total. The summed E-state index contributed by atoms with van der Waals surface area (Å²) < 4.78 is 5.51. The van der Waals surface area contributed by atoms with E-state index < -0.39 is 5.97 Å². The minimum atomic E-state index is -1.03. The number of carbonyl (C=O) groups is 2. The number of amides is 1. The van der Waals surface area contributed by atoms with E-state index in [1.165, 1.54) is 11.9 Å². The molecule has 1 aliphatic rings. The van der Waals surface area contributed by atoms with E-state index >= 15 is 0 Å². The lowest BCUT2D eigenvalue weighted by molar-refractivity contribution is -0.145. The Morgan fingerprint density at radius 1 is 1.53 bits per heavy atom. The third-order valence-electron chi connectivity index (χ3n) is 3.03. The van der Waals surface area contributed by atoms with E-state index in [2.05, 4.69) is 0 Å². The van der Waals surface area contributed by atoms with Crippen molar-refractivity contribution in [3.8, 4) is 5.75 Å². The van der Waals surface area contributed by atoms with Crippen molar-refractivity contribution in [1.29, 1.82) is 0 Å². The summed E-state index contributed by atoms with van der Waals surface area (Å²) >= 11 is 5.91. The van der Waals surface area contributed by atoms with Crippen LogP contribution in [-0.2, 0) is 16.0 Å². The van der Waals surface area contributed by atoms with Crippen LogP contribution >= 0.6 is 11.6 Å². The molecule has 1 unspecified atom stereocenters. The minimum absolute atomic E-state index is 0.229. The molecular weight excluding hydrogens is 270 g/mol. The lowest BCUT2D eigenvalue weighted by atomic mass is 9.95. The van der Waals surface area contributed by atoms with Crippen molar-refractivity contribution in [2.45, 2.75) is 6.42 Å². The first-order valence-electron chi connectivity index (χ1n) is 5.85. The Balaban J connectivity index is 2.08. The van der Waals surface area contributed by atoms with Gasteiger partial charge in [-0.05, 0) is 30.2 Å². The fourth-order valence-corrected chi connectivity index (χ4v) is 2.31. The predicted molar refractivity (Wildman–Crippen MR) is 69.4 cm³/mol. The maximum atomic E-state index is 12.1. The second kappa shape index (κ2) is 5.48. The van der Waals surface area contributed by atoms with Gasteiger partial charge in [0.15, 0.2) is 0 Å². The molecule has 1 amide bonds. The van der Waals surface area contributed by atoms with Crippen LogP contribution in [-0.4, -0.2) is 42.1 Å². The van der Waals surface area contributed by atoms with Crippen LogP contribution in [0, 0.1) is 5.92 Å². The largest absolute Gasteiger partial charge is 0.492 e. The number of benzene rings is 1. The number of aliphatic carboxylic acids is 1. The summed E-state index contributed by atoms with van der Waals surface area (Å²) in [4.78, 5) is 23.9. The first-order chi connectivity index (χ1) is 8.97. The zero-order chi connectivity index (χ0) is 14.0. The van der Waals surface area contributed by atoms with Crippen molar-refractivity contribution in [3.63, 3.8) is 0 Å². The molecule has 0 aliphatic carbocycles. The number of hydrogen-bond donors (Lipinski definition) is 1. The SMILES string of the molecule is CN(CC(=O)O)C(=O)C1COc2ccc(Cl)cc2C1. The number of ether oxygens (including phenoxy) is 1. The Bertz CT molecular complexity index is 517. The number of fused-ring (bicyclic) bond motifs is 1. The number of carboxylic acid groups (broad SMARTS) is 1. The smallest absolute Gasteiger partial charge is 0.323 e. The van der Waals surface area contributed by atoms with E-state index in [1.807, 2.05) is 0 Å². The van der Waals surface area contributed by atoms with E-state index in [0.717, 1.165) is 11.3 Å². The summed E-state index contributed by atoms with van der Waals surface area (Å²) in [6.45, 7) is -0.0465. The van der Waals surface area contributed by atoms with Gasteiger partial charge in [-0.15, -0.1) is 0 Å². The van der Waals surface area contributed by atoms with Gasteiger partial charge in [-0.1, -0.05) is 11.6 Å². The van der Waals surface area contributed by atoms with Crippen LogP contribution in [0.3, 0.4) is 0 Å².